The van der Waals surface area contributed by atoms with Gasteiger partial charge in [-0.2, -0.15) is 4.98 Å². The predicted molar refractivity (Wildman–Crippen MR) is 80.6 cm³/mol. The number of pyridine rings is 1. The summed E-state index contributed by atoms with van der Waals surface area (Å²) < 4.78 is 7.85. The quantitative estimate of drug-likeness (QED) is 0.937. The van der Waals surface area contributed by atoms with Gasteiger partial charge in [-0.15, -0.1) is 0 Å². The number of hydrogen-bond acceptors (Lipinski definition) is 4. The second-order valence-electron chi connectivity index (χ2n) is 6.03. The molecule has 2 aliphatic carbocycles. The number of fused-ring (bicyclic) bond motifs is 1. The van der Waals surface area contributed by atoms with Crippen molar-refractivity contribution in [2.45, 2.75) is 38.5 Å². The molecule has 0 amide bonds. The van der Waals surface area contributed by atoms with Crippen molar-refractivity contribution < 1.29 is 4.74 Å². The summed E-state index contributed by atoms with van der Waals surface area (Å²) in [5.41, 5.74) is 9.07. The van der Waals surface area contributed by atoms with Gasteiger partial charge in [-0.1, -0.05) is 0 Å². The van der Waals surface area contributed by atoms with E-state index in [4.69, 9.17) is 10.5 Å². The molecule has 21 heavy (non-hydrogen) atoms. The molecular formula is C16H20N4O. The second-order valence-corrected chi connectivity index (χ2v) is 6.03. The molecular weight excluding hydrogens is 264 g/mol. The van der Waals surface area contributed by atoms with E-state index in [-0.39, 0.29) is 0 Å². The van der Waals surface area contributed by atoms with Crippen LogP contribution >= 0.6 is 0 Å². The number of aryl methyl sites for hydroxylation is 1. The first kappa shape index (κ1) is 12.7. The molecule has 5 heteroatoms. The van der Waals surface area contributed by atoms with Gasteiger partial charge < -0.3 is 10.5 Å². The van der Waals surface area contributed by atoms with E-state index in [0.29, 0.717) is 17.5 Å². The van der Waals surface area contributed by atoms with Gasteiger partial charge in [0.05, 0.1) is 18.0 Å². The normalized spacial score (nSPS) is 17.5. The van der Waals surface area contributed by atoms with Crippen molar-refractivity contribution in [3.8, 4) is 11.7 Å². The molecule has 0 bridgehead atoms. The van der Waals surface area contributed by atoms with Crippen LogP contribution in [-0.2, 0) is 12.8 Å². The number of hydrogen-bond donors (Lipinski definition) is 1. The number of imidazole rings is 1. The minimum Gasteiger partial charge on any atom is -0.476 e. The third kappa shape index (κ3) is 2.48. The van der Waals surface area contributed by atoms with Gasteiger partial charge >= 0.3 is 0 Å². The van der Waals surface area contributed by atoms with Crippen LogP contribution in [0.1, 0.15) is 37.1 Å². The van der Waals surface area contributed by atoms with Crippen molar-refractivity contribution in [1.82, 2.24) is 14.5 Å². The lowest BCUT2D eigenvalue weighted by Gasteiger charge is -2.14. The molecule has 2 N–H and O–H groups in total. The van der Waals surface area contributed by atoms with E-state index < -0.39 is 0 Å². The lowest BCUT2D eigenvalue weighted by molar-refractivity contribution is 0.290. The molecule has 0 atom stereocenters. The topological polar surface area (TPSA) is 66.0 Å². The van der Waals surface area contributed by atoms with Crippen molar-refractivity contribution >= 4 is 5.69 Å². The first-order valence-electron chi connectivity index (χ1n) is 7.76. The molecule has 0 unspecified atom stereocenters. The summed E-state index contributed by atoms with van der Waals surface area (Å²) in [6, 6.07) is 3.82. The molecule has 4 rings (SSSR count). The summed E-state index contributed by atoms with van der Waals surface area (Å²) in [4.78, 5) is 9.12. The number of nitrogens with zero attached hydrogens (tertiary/aromatic N) is 3. The summed E-state index contributed by atoms with van der Waals surface area (Å²) in [7, 11) is 0. The Morgan fingerprint density at radius 3 is 2.95 bits per heavy atom. The molecule has 1 saturated carbocycles. The fraction of sp³-hybridized carbons (Fsp3) is 0.500. The van der Waals surface area contributed by atoms with Crippen LogP contribution in [0.3, 0.4) is 0 Å². The smallest absolute Gasteiger partial charge is 0.239 e. The van der Waals surface area contributed by atoms with Crippen LogP contribution in [0.15, 0.2) is 18.5 Å². The van der Waals surface area contributed by atoms with E-state index in [1.807, 2.05) is 18.5 Å². The Bertz CT molecular complexity index is 660. The predicted octanol–water partition coefficient (Wildman–Crippen LogP) is 2.52. The molecule has 0 aliphatic heterocycles. The fourth-order valence-corrected chi connectivity index (χ4v) is 2.84. The molecule has 0 spiro atoms. The average molecular weight is 284 g/mol. The van der Waals surface area contributed by atoms with Gasteiger partial charge in [-0.05, 0) is 56.6 Å². The number of aromatic nitrogens is 3. The monoisotopic (exact) mass is 284 g/mol. The fourth-order valence-electron chi connectivity index (χ4n) is 2.84. The van der Waals surface area contributed by atoms with Crippen LogP contribution in [0.25, 0.3) is 5.82 Å². The Labute approximate surface area is 124 Å². The summed E-state index contributed by atoms with van der Waals surface area (Å²) >= 11 is 0. The Kier molecular flexibility index (Phi) is 3.05. The molecule has 2 heterocycles. The largest absolute Gasteiger partial charge is 0.476 e. The van der Waals surface area contributed by atoms with Crippen molar-refractivity contribution in [3.63, 3.8) is 0 Å². The third-order valence-corrected chi connectivity index (χ3v) is 4.30. The zero-order valence-electron chi connectivity index (χ0n) is 12.1. The van der Waals surface area contributed by atoms with Crippen LogP contribution in [0.4, 0.5) is 5.69 Å². The molecule has 0 saturated heterocycles. The van der Waals surface area contributed by atoms with E-state index in [2.05, 4.69) is 14.5 Å². The number of anilines is 1. The molecule has 110 valence electrons. The Morgan fingerprint density at radius 2 is 2.10 bits per heavy atom. The number of nitrogen functional groups attached to an aromatic ring is 1. The van der Waals surface area contributed by atoms with Gasteiger partial charge in [0.2, 0.25) is 5.88 Å². The third-order valence-electron chi connectivity index (χ3n) is 4.30. The Morgan fingerprint density at radius 1 is 1.24 bits per heavy atom. The van der Waals surface area contributed by atoms with Crippen LogP contribution in [0.2, 0.25) is 0 Å². The van der Waals surface area contributed by atoms with E-state index in [1.54, 1.807) is 0 Å². The van der Waals surface area contributed by atoms with Crippen LogP contribution in [0, 0.1) is 5.92 Å². The SMILES string of the molecule is Nc1ccc(-n2cnc3c2CCCC3)nc1OCC1CC1. The molecule has 0 aromatic carbocycles. The van der Waals surface area contributed by atoms with Crippen LogP contribution < -0.4 is 10.5 Å². The first-order valence-corrected chi connectivity index (χ1v) is 7.76. The zero-order chi connectivity index (χ0) is 14.2. The highest BCUT2D eigenvalue weighted by molar-refractivity contribution is 5.51. The van der Waals surface area contributed by atoms with Crippen molar-refractivity contribution in [1.29, 1.82) is 0 Å². The van der Waals surface area contributed by atoms with Crippen LogP contribution in [0.5, 0.6) is 5.88 Å². The minimum absolute atomic E-state index is 0.553. The van der Waals surface area contributed by atoms with Crippen molar-refractivity contribution in [3.05, 3.63) is 29.8 Å². The Balaban J connectivity index is 1.64. The Hall–Kier alpha value is -2.04. The lowest BCUT2D eigenvalue weighted by atomic mass is 10.0. The summed E-state index contributed by atoms with van der Waals surface area (Å²) in [5, 5.41) is 0. The zero-order valence-corrected chi connectivity index (χ0v) is 12.1. The minimum atomic E-state index is 0.553. The van der Waals surface area contributed by atoms with Gasteiger partial charge in [0.15, 0.2) is 0 Å². The molecule has 1 fully saturated rings. The summed E-state index contributed by atoms with van der Waals surface area (Å²) in [5.74, 6) is 2.10. The molecule has 2 aliphatic rings. The highest BCUT2D eigenvalue weighted by atomic mass is 16.5. The summed E-state index contributed by atoms with van der Waals surface area (Å²) in [6.45, 7) is 0.725. The highest BCUT2D eigenvalue weighted by Crippen LogP contribution is 2.31. The number of nitrogens with two attached hydrogens (primary N) is 1. The van der Waals surface area contributed by atoms with E-state index in [0.717, 1.165) is 25.3 Å². The molecule has 5 nitrogen and oxygen atoms in total. The van der Waals surface area contributed by atoms with Crippen molar-refractivity contribution in [2.24, 2.45) is 5.92 Å². The molecule has 0 radical (unpaired) electrons. The lowest BCUT2D eigenvalue weighted by Crippen LogP contribution is -2.10. The average Bonchev–Trinajstić information content (AvgIpc) is 3.24. The maximum Gasteiger partial charge on any atom is 0.239 e. The summed E-state index contributed by atoms with van der Waals surface area (Å²) in [6.07, 6.45) is 8.98. The maximum absolute atomic E-state index is 5.97. The van der Waals surface area contributed by atoms with Crippen LogP contribution in [-0.4, -0.2) is 21.1 Å². The number of ether oxygens (including phenoxy) is 1. The van der Waals surface area contributed by atoms with E-state index in [9.17, 15) is 0 Å². The standard InChI is InChI=1S/C16H20N4O/c17-12-7-8-15(19-16(12)21-9-11-5-6-11)20-10-18-13-3-1-2-4-14(13)20/h7-8,10-11H,1-6,9,17H2. The van der Waals surface area contributed by atoms with E-state index >= 15 is 0 Å². The van der Waals surface area contributed by atoms with Gasteiger partial charge in [0.1, 0.15) is 12.1 Å². The van der Waals surface area contributed by atoms with Gasteiger partial charge in [0, 0.05) is 5.69 Å². The van der Waals surface area contributed by atoms with E-state index in [1.165, 1.54) is 37.1 Å². The van der Waals surface area contributed by atoms with Gasteiger partial charge in [0.25, 0.3) is 0 Å². The first-order chi connectivity index (χ1) is 10.3. The maximum atomic E-state index is 5.97. The highest BCUT2D eigenvalue weighted by Gasteiger charge is 2.23. The van der Waals surface area contributed by atoms with Crippen molar-refractivity contribution in [2.75, 3.05) is 12.3 Å². The second kappa shape index (κ2) is 5.06. The number of rotatable bonds is 4. The van der Waals surface area contributed by atoms with Gasteiger partial charge in [-0.25, -0.2) is 4.98 Å². The molecule has 2 aromatic rings. The molecule has 2 aromatic heterocycles. The van der Waals surface area contributed by atoms with Gasteiger partial charge in [-0.3, -0.25) is 4.57 Å².